The first-order valence-corrected chi connectivity index (χ1v) is 11.6. The minimum absolute atomic E-state index is 0.0598. The number of aromatic nitrogens is 4. The van der Waals surface area contributed by atoms with Crippen molar-refractivity contribution < 1.29 is 9.59 Å². The van der Waals surface area contributed by atoms with E-state index in [4.69, 9.17) is 0 Å². The molecular weight excluding hydrogens is 442 g/mol. The van der Waals surface area contributed by atoms with Crippen molar-refractivity contribution in [2.24, 2.45) is 0 Å². The number of carbonyl (C=O) groups excluding carboxylic acids is 2. The summed E-state index contributed by atoms with van der Waals surface area (Å²) in [6.45, 7) is 1.71. The Balaban J connectivity index is 1.36. The molecule has 1 aliphatic heterocycles. The second kappa shape index (κ2) is 10.2. The van der Waals surface area contributed by atoms with E-state index < -0.39 is 11.8 Å². The summed E-state index contributed by atoms with van der Waals surface area (Å²) in [5.74, 6) is 0.0200. The average Bonchev–Trinajstić information content (AvgIpc) is 3.39. The van der Waals surface area contributed by atoms with Gasteiger partial charge in [0, 0.05) is 24.8 Å². The summed E-state index contributed by atoms with van der Waals surface area (Å²) in [6.07, 6.45) is 4.97. The molecule has 0 radical (unpaired) electrons. The fourth-order valence-corrected chi connectivity index (χ4v) is 4.10. The minimum Gasteiger partial charge on any atom is -0.356 e. The number of carbonyl (C=O) groups is 2. The van der Waals surface area contributed by atoms with E-state index in [1.165, 1.54) is 6.42 Å². The van der Waals surface area contributed by atoms with Crippen molar-refractivity contribution >= 4 is 17.6 Å². The smallest absolute Gasteiger partial charge is 0.309 e. The van der Waals surface area contributed by atoms with Gasteiger partial charge in [-0.2, -0.15) is 0 Å². The molecule has 2 N–H and O–H groups in total. The summed E-state index contributed by atoms with van der Waals surface area (Å²) >= 11 is 0. The van der Waals surface area contributed by atoms with E-state index >= 15 is 0 Å². The van der Waals surface area contributed by atoms with Gasteiger partial charge in [-0.1, -0.05) is 48.5 Å². The molecule has 0 aliphatic carbocycles. The molecule has 176 valence electrons. The number of amides is 2. The van der Waals surface area contributed by atoms with Crippen LogP contribution < -0.4 is 15.8 Å². The van der Waals surface area contributed by atoms with Gasteiger partial charge in [0.1, 0.15) is 5.82 Å². The van der Waals surface area contributed by atoms with E-state index in [1.807, 2.05) is 60.7 Å². The van der Waals surface area contributed by atoms with Crippen LogP contribution in [0.1, 0.15) is 40.2 Å². The van der Waals surface area contributed by atoms with Crippen molar-refractivity contribution in [3.05, 3.63) is 90.4 Å². The van der Waals surface area contributed by atoms with E-state index in [1.54, 1.807) is 23.0 Å². The minimum atomic E-state index is -0.617. The normalized spacial score (nSPS) is 13.3. The van der Waals surface area contributed by atoms with Crippen molar-refractivity contribution in [1.82, 2.24) is 30.6 Å². The van der Waals surface area contributed by atoms with Crippen molar-refractivity contribution in [3.63, 3.8) is 0 Å². The maximum Gasteiger partial charge on any atom is 0.309 e. The van der Waals surface area contributed by atoms with Crippen LogP contribution in [0.5, 0.6) is 0 Å². The van der Waals surface area contributed by atoms with Gasteiger partial charge in [0.25, 0.3) is 5.91 Å². The lowest BCUT2D eigenvalue weighted by atomic mass is 10.1. The summed E-state index contributed by atoms with van der Waals surface area (Å²) in [7, 11) is 0. The molecule has 9 nitrogen and oxygen atoms in total. The number of anilines is 1. The maximum atomic E-state index is 12.9. The van der Waals surface area contributed by atoms with Crippen LogP contribution in [0.15, 0.2) is 79.0 Å². The molecule has 0 bridgehead atoms. The van der Waals surface area contributed by atoms with Gasteiger partial charge in [0.2, 0.25) is 5.82 Å². The van der Waals surface area contributed by atoms with Crippen LogP contribution in [-0.2, 0) is 0 Å². The molecule has 2 aromatic carbocycles. The quantitative estimate of drug-likeness (QED) is 0.436. The van der Waals surface area contributed by atoms with Gasteiger partial charge < -0.3 is 4.90 Å². The molecule has 1 saturated heterocycles. The average molecular weight is 468 g/mol. The zero-order valence-electron chi connectivity index (χ0n) is 19.1. The first kappa shape index (κ1) is 22.3. The van der Waals surface area contributed by atoms with Crippen molar-refractivity contribution in [1.29, 1.82) is 0 Å². The highest BCUT2D eigenvalue weighted by Gasteiger charge is 2.22. The Bertz CT molecular complexity index is 1260. The highest BCUT2D eigenvalue weighted by atomic mass is 16.2. The summed E-state index contributed by atoms with van der Waals surface area (Å²) in [4.78, 5) is 36.8. The number of hydrazine groups is 1. The molecule has 4 aromatic rings. The molecule has 9 heteroatoms. The number of nitrogens with zero attached hydrogens (tertiary/aromatic N) is 5. The Hall–Kier alpha value is -4.53. The fourth-order valence-electron chi connectivity index (χ4n) is 4.10. The van der Waals surface area contributed by atoms with Crippen LogP contribution in [-0.4, -0.2) is 44.7 Å². The molecule has 5 rings (SSSR count). The van der Waals surface area contributed by atoms with Crippen LogP contribution in [0.25, 0.3) is 17.1 Å². The van der Waals surface area contributed by atoms with Gasteiger partial charge in [0.15, 0.2) is 5.82 Å². The van der Waals surface area contributed by atoms with Gasteiger partial charge in [-0.15, -0.1) is 5.10 Å². The van der Waals surface area contributed by atoms with Crippen LogP contribution in [0.3, 0.4) is 0 Å². The third-order valence-electron chi connectivity index (χ3n) is 5.82. The Morgan fingerprint density at radius 2 is 1.46 bits per heavy atom. The molecule has 0 atom stereocenters. The molecule has 0 saturated carbocycles. The number of para-hydroxylation sites is 1. The van der Waals surface area contributed by atoms with Gasteiger partial charge >= 0.3 is 5.91 Å². The van der Waals surface area contributed by atoms with E-state index in [-0.39, 0.29) is 5.82 Å². The predicted octanol–water partition coefficient (Wildman–Crippen LogP) is 3.39. The maximum absolute atomic E-state index is 12.9. The third kappa shape index (κ3) is 4.89. The molecule has 35 heavy (non-hydrogen) atoms. The Morgan fingerprint density at radius 1 is 0.771 bits per heavy atom. The number of piperidine rings is 1. The Labute approximate surface area is 202 Å². The highest BCUT2D eigenvalue weighted by Crippen LogP contribution is 2.22. The molecule has 0 unspecified atom stereocenters. The van der Waals surface area contributed by atoms with Gasteiger partial charge in [0.05, 0.1) is 11.3 Å². The number of pyridine rings is 1. The van der Waals surface area contributed by atoms with Gasteiger partial charge in [-0.3, -0.25) is 20.4 Å². The summed E-state index contributed by atoms with van der Waals surface area (Å²) in [6, 6.07) is 22.4. The zero-order chi connectivity index (χ0) is 24.0. The largest absolute Gasteiger partial charge is 0.356 e. The van der Waals surface area contributed by atoms with Gasteiger partial charge in [-0.25, -0.2) is 14.6 Å². The molecule has 1 fully saturated rings. The Morgan fingerprint density at radius 3 is 2.20 bits per heavy atom. The van der Waals surface area contributed by atoms with Crippen molar-refractivity contribution in [2.45, 2.75) is 19.3 Å². The van der Waals surface area contributed by atoms with Crippen molar-refractivity contribution in [2.75, 3.05) is 18.0 Å². The zero-order valence-corrected chi connectivity index (χ0v) is 19.1. The second-order valence-corrected chi connectivity index (χ2v) is 8.20. The number of benzene rings is 2. The molecular formula is C26H25N7O2. The molecule has 3 heterocycles. The van der Waals surface area contributed by atoms with Crippen LogP contribution in [0, 0.1) is 0 Å². The molecule has 2 amide bonds. The summed E-state index contributed by atoms with van der Waals surface area (Å²) in [5.41, 5.74) is 6.92. The van der Waals surface area contributed by atoms with Gasteiger partial charge in [-0.05, 0) is 43.5 Å². The summed E-state index contributed by atoms with van der Waals surface area (Å²) < 4.78 is 1.61. The topological polar surface area (TPSA) is 105 Å². The van der Waals surface area contributed by atoms with Crippen molar-refractivity contribution in [3.8, 4) is 17.1 Å². The first-order chi connectivity index (χ1) is 17.2. The Kier molecular flexibility index (Phi) is 6.47. The van der Waals surface area contributed by atoms with E-state index in [0.717, 1.165) is 37.2 Å². The SMILES string of the molecule is O=C(NNC(=O)c1cccnc1N1CCCCC1)c1nc(-c2ccccc2)n(-c2ccccc2)n1. The highest BCUT2D eigenvalue weighted by molar-refractivity contribution is 6.01. The van der Waals surface area contributed by atoms with E-state index in [9.17, 15) is 9.59 Å². The monoisotopic (exact) mass is 467 g/mol. The lowest BCUT2D eigenvalue weighted by molar-refractivity contribution is 0.0841. The molecule has 1 aliphatic rings. The molecule has 0 spiro atoms. The first-order valence-electron chi connectivity index (χ1n) is 11.6. The number of hydrogen-bond donors (Lipinski definition) is 2. The predicted molar refractivity (Wildman–Crippen MR) is 132 cm³/mol. The third-order valence-corrected chi connectivity index (χ3v) is 5.82. The second-order valence-electron chi connectivity index (χ2n) is 8.20. The van der Waals surface area contributed by atoms with Crippen LogP contribution in [0.2, 0.25) is 0 Å². The number of hydrogen-bond acceptors (Lipinski definition) is 6. The lowest BCUT2D eigenvalue weighted by Gasteiger charge is -2.29. The van der Waals surface area contributed by atoms with E-state index in [2.05, 4.69) is 30.8 Å². The summed E-state index contributed by atoms with van der Waals surface area (Å²) in [5, 5.41) is 4.42. The van der Waals surface area contributed by atoms with Crippen LogP contribution in [0.4, 0.5) is 5.82 Å². The van der Waals surface area contributed by atoms with E-state index in [0.29, 0.717) is 17.2 Å². The standard InChI is InChI=1S/C26H25N7O2/c34-25(21-15-10-16-27-24(21)32-17-8-3-9-18-32)29-30-26(35)22-28-23(19-11-4-1-5-12-19)33(31-22)20-13-6-2-7-14-20/h1-2,4-7,10-16H,3,8-9,17-18H2,(H,29,34)(H,30,35). The number of nitrogens with one attached hydrogen (secondary N) is 2. The van der Waals surface area contributed by atoms with Crippen LogP contribution >= 0.6 is 0 Å². The fraction of sp³-hybridized carbons (Fsp3) is 0.192. The lowest BCUT2D eigenvalue weighted by Crippen LogP contribution is -2.43. The molecule has 2 aromatic heterocycles. The number of rotatable bonds is 5.